The molecule has 0 aromatic carbocycles. The second kappa shape index (κ2) is 6.60. The summed E-state index contributed by atoms with van der Waals surface area (Å²) >= 11 is 0. The Morgan fingerprint density at radius 3 is 1.77 bits per heavy atom. The van der Waals surface area contributed by atoms with Crippen molar-refractivity contribution >= 4 is 8.32 Å². The normalized spacial score (nSPS) is 14.5. The standard InChI is InChI=1S/C11H26OSi/c1-6-10-11(5)12-13(7-2,8-3)9-4/h11H,6-10H2,1-5H3. The van der Waals surface area contributed by atoms with Crippen molar-refractivity contribution in [2.45, 2.75) is 71.7 Å². The van der Waals surface area contributed by atoms with Gasteiger partial charge >= 0.3 is 0 Å². The van der Waals surface area contributed by atoms with Gasteiger partial charge in [0.1, 0.15) is 0 Å². The molecule has 0 aliphatic heterocycles. The van der Waals surface area contributed by atoms with Crippen LogP contribution in [0.3, 0.4) is 0 Å². The Labute approximate surface area is 85.0 Å². The van der Waals surface area contributed by atoms with Crippen LogP contribution < -0.4 is 0 Å². The molecular weight excluding hydrogens is 176 g/mol. The molecule has 0 aromatic heterocycles. The van der Waals surface area contributed by atoms with Crippen LogP contribution in [0.4, 0.5) is 0 Å². The van der Waals surface area contributed by atoms with Gasteiger partial charge in [0.05, 0.1) is 0 Å². The second-order valence-corrected chi connectivity index (χ2v) is 8.68. The topological polar surface area (TPSA) is 9.23 Å². The third-order valence-corrected chi connectivity index (χ3v) is 7.85. The smallest absolute Gasteiger partial charge is 0.192 e. The van der Waals surface area contributed by atoms with Gasteiger partial charge < -0.3 is 4.43 Å². The Bertz CT molecular complexity index is 113. The Kier molecular flexibility index (Phi) is 6.69. The summed E-state index contributed by atoms with van der Waals surface area (Å²) in [6.07, 6.45) is 2.94. The molecule has 0 N–H and O–H groups in total. The van der Waals surface area contributed by atoms with Gasteiger partial charge in [-0.1, -0.05) is 34.1 Å². The van der Waals surface area contributed by atoms with Crippen molar-refractivity contribution in [2.75, 3.05) is 0 Å². The molecule has 1 atom stereocenters. The average Bonchev–Trinajstić information content (AvgIpc) is 2.15. The summed E-state index contributed by atoms with van der Waals surface area (Å²) in [4.78, 5) is 0. The highest BCUT2D eigenvalue weighted by Crippen LogP contribution is 2.24. The molecule has 0 aliphatic rings. The van der Waals surface area contributed by atoms with Gasteiger partial charge in [-0.25, -0.2) is 0 Å². The van der Waals surface area contributed by atoms with Crippen LogP contribution in [0.2, 0.25) is 18.1 Å². The van der Waals surface area contributed by atoms with Crippen molar-refractivity contribution in [3.8, 4) is 0 Å². The summed E-state index contributed by atoms with van der Waals surface area (Å²) < 4.78 is 6.26. The van der Waals surface area contributed by atoms with Crippen molar-refractivity contribution in [3.05, 3.63) is 0 Å². The molecule has 0 aromatic rings. The zero-order chi connectivity index (χ0) is 10.3. The van der Waals surface area contributed by atoms with E-state index in [0.29, 0.717) is 6.10 Å². The predicted octanol–water partition coefficient (Wildman–Crippen LogP) is 4.20. The van der Waals surface area contributed by atoms with E-state index in [1.807, 2.05) is 0 Å². The molecule has 0 fully saturated rings. The van der Waals surface area contributed by atoms with E-state index in [-0.39, 0.29) is 0 Å². The van der Waals surface area contributed by atoms with Gasteiger partial charge in [0.15, 0.2) is 8.32 Å². The summed E-state index contributed by atoms with van der Waals surface area (Å²) in [5.41, 5.74) is 0. The second-order valence-electron chi connectivity index (χ2n) is 3.96. The van der Waals surface area contributed by atoms with E-state index in [9.17, 15) is 0 Å². The van der Waals surface area contributed by atoms with E-state index in [1.165, 1.54) is 31.0 Å². The minimum atomic E-state index is -1.32. The quantitative estimate of drug-likeness (QED) is 0.562. The monoisotopic (exact) mass is 202 g/mol. The molecule has 1 unspecified atom stereocenters. The number of rotatable bonds is 7. The van der Waals surface area contributed by atoms with E-state index >= 15 is 0 Å². The molecule has 0 bridgehead atoms. The highest BCUT2D eigenvalue weighted by molar-refractivity contribution is 6.73. The maximum absolute atomic E-state index is 6.26. The molecular formula is C11H26OSi. The molecule has 0 heterocycles. The first-order chi connectivity index (χ1) is 6.14. The Hall–Kier alpha value is 0.177. The third kappa shape index (κ3) is 4.27. The van der Waals surface area contributed by atoms with Crippen LogP contribution in [-0.4, -0.2) is 14.4 Å². The van der Waals surface area contributed by atoms with Crippen LogP contribution in [0.25, 0.3) is 0 Å². The highest BCUT2D eigenvalue weighted by atomic mass is 28.4. The van der Waals surface area contributed by atoms with E-state index in [4.69, 9.17) is 4.43 Å². The summed E-state index contributed by atoms with van der Waals surface area (Å²) in [5, 5.41) is 0. The lowest BCUT2D eigenvalue weighted by Crippen LogP contribution is -2.38. The summed E-state index contributed by atoms with van der Waals surface area (Å²) in [6.45, 7) is 11.3. The lowest BCUT2D eigenvalue weighted by molar-refractivity contribution is 0.194. The fraction of sp³-hybridized carbons (Fsp3) is 1.00. The van der Waals surface area contributed by atoms with Crippen LogP contribution >= 0.6 is 0 Å². The van der Waals surface area contributed by atoms with Crippen LogP contribution in [0.5, 0.6) is 0 Å². The third-order valence-electron chi connectivity index (χ3n) is 3.08. The number of hydrogen-bond donors (Lipinski definition) is 0. The van der Waals surface area contributed by atoms with E-state index in [2.05, 4.69) is 34.6 Å². The molecule has 80 valence electrons. The summed E-state index contributed by atoms with van der Waals surface area (Å²) in [5.74, 6) is 0. The first kappa shape index (κ1) is 13.2. The molecule has 0 radical (unpaired) electrons. The predicted molar refractivity (Wildman–Crippen MR) is 62.7 cm³/mol. The maximum Gasteiger partial charge on any atom is 0.192 e. The average molecular weight is 202 g/mol. The van der Waals surface area contributed by atoms with Gasteiger partial charge in [-0.3, -0.25) is 0 Å². The van der Waals surface area contributed by atoms with Crippen molar-refractivity contribution in [2.24, 2.45) is 0 Å². The molecule has 2 heteroatoms. The zero-order valence-electron chi connectivity index (χ0n) is 10.0. The first-order valence-corrected chi connectivity index (χ1v) is 8.34. The number of hydrogen-bond acceptors (Lipinski definition) is 1. The van der Waals surface area contributed by atoms with Crippen LogP contribution in [-0.2, 0) is 4.43 Å². The fourth-order valence-electron chi connectivity index (χ4n) is 1.89. The molecule has 0 amide bonds. The van der Waals surface area contributed by atoms with Crippen molar-refractivity contribution < 1.29 is 4.43 Å². The van der Waals surface area contributed by atoms with Gasteiger partial charge in [-0.05, 0) is 31.5 Å². The minimum Gasteiger partial charge on any atom is -0.414 e. The van der Waals surface area contributed by atoms with Crippen molar-refractivity contribution in [1.29, 1.82) is 0 Å². The van der Waals surface area contributed by atoms with Gasteiger partial charge in [0.2, 0.25) is 0 Å². The Balaban J connectivity index is 4.07. The highest BCUT2D eigenvalue weighted by Gasteiger charge is 2.30. The van der Waals surface area contributed by atoms with Crippen molar-refractivity contribution in [3.63, 3.8) is 0 Å². The van der Waals surface area contributed by atoms with Gasteiger partial charge in [-0.2, -0.15) is 0 Å². The molecule has 0 spiro atoms. The van der Waals surface area contributed by atoms with Gasteiger partial charge in [-0.15, -0.1) is 0 Å². The first-order valence-electron chi connectivity index (χ1n) is 5.81. The summed E-state index contributed by atoms with van der Waals surface area (Å²) in [7, 11) is -1.32. The van der Waals surface area contributed by atoms with E-state index in [0.717, 1.165) is 0 Å². The van der Waals surface area contributed by atoms with Gasteiger partial charge in [0, 0.05) is 6.10 Å². The van der Waals surface area contributed by atoms with Crippen LogP contribution in [0.1, 0.15) is 47.5 Å². The molecule has 0 saturated heterocycles. The molecule has 0 rings (SSSR count). The van der Waals surface area contributed by atoms with Crippen LogP contribution in [0.15, 0.2) is 0 Å². The molecule has 13 heavy (non-hydrogen) atoms. The molecule has 1 nitrogen and oxygen atoms in total. The SMILES string of the molecule is CCCC(C)O[Si](CC)(CC)CC. The fourth-order valence-corrected chi connectivity index (χ4v) is 4.86. The molecule has 0 aliphatic carbocycles. The minimum absolute atomic E-state index is 0.483. The lowest BCUT2D eigenvalue weighted by Gasteiger charge is -2.31. The van der Waals surface area contributed by atoms with Crippen LogP contribution in [0, 0.1) is 0 Å². The summed E-state index contributed by atoms with van der Waals surface area (Å²) in [6, 6.07) is 3.82. The van der Waals surface area contributed by atoms with Gasteiger partial charge in [0.25, 0.3) is 0 Å². The lowest BCUT2D eigenvalue weighted by atomic mass is 10.2. The zero-order valence-corrected chi connectivity index (χ0v) is 11.0. The Morgan fingerprint density at radius 1 is 1.00 bits per heavy atom. The van der Waals surface area contributed by atoms with E-state index in [1.54, 1.807) is 0 Å². The maximum atomic E-state index is 6.26. The van der Waals surface area contributed by atoms with Crippen molar-refractivity contribution in [1.82, 2.24) is 0 Å². The molecule has 0 saturated carbocycles. The largest absolute Gasteiger partial charge is 0.414 e. The van der Waals surface area contributed by atoms with E-state index < -0.39 is 8.32 Å². The Morgan fingerprint density at radius 2 is 1.46 bits per heavy atom.